The zero-order chi connectivity index (χ0) is 17.5. The molecule has 1 N–H and O–H groups in total. The summed E-state index contributed by atoms with van der Waals surface area (Å²) in [6.07, 6.45) is 2.28. The van der Waals surface area contributed by atoms with E-state index in [1.807, 2.05) is 0 Å². The number of hydrogen-bond acceptors (Lipinski definition) is 4. The molecule has 0 radical (unpaired) electrons. The van der Waals surface area contributed by atoms with Crippen LogP contribution in [-0.4, -0.2) is 51.2 Å². The molecule has 0 aromatic heterocycles. The normalized spacial score (nSPS) is 21.3. The average Bonchev–Trinajstić information content (AvgIpc) is 2.56. The van der Waals surface area contributed by atoms with Gasteiger partial charge in [-0.3, -0.25) is 4.79 Å². The van der Waals surface area contributed by atoms with Crippen LogP contribution in [0.15, 0.2) is 18.2 Å². The van der Waals surface area contributed by atoms with Crippen LogP contribution in [-0.2, 0) is 0 Å². The average molecular weight is 334 g/mol. The number of piperidine rings is 1. The molecule has 134 valence electrons. The zero-order valence-corrected chi connectivity index (χ0v) is 15.3. The van der Waals surface area contributed by atoms with Crippen molar-refractivity contribution in [1.82, 2.24) is 10.2 Å². The van der Waals surface area contributed by atoms with Crippen LogP contribution in [0.2, 0.25) is 0 Å². The molecule has 1 heterocycles. The van der Waals surface area contributed by atoms with Crippen molar-refractivity contribution in [3.05, 3.63) is 23.8 Å². The van der Waals surface area contributed by atoms with Crippen molar-refractivity contribution in [2.24, 2.45) is 11.8 Å². The topological polar surface area (TPSA) is 50.8 Å². The molecule has 0 saturated carbocycles. The quantitative estimate of drug-likeness (QED) is 0.779. The van der Waals surface area contributed by atoms with E-state index in [-0.39, 0.29) is 5.91 Å². The van der Waals surface area contributed by atoms with Gasteiger partial charge in [-0.1, -0.05) is 19.9 Å². The fourth-order valence-corrected chi connectivity index (χ4v) is 3.64. The summed E-state index contributed by atoms with van der Waals surface area (Å²) in [6.45, 7) is 8.67. The Kier molecular flexibility index (Phi) is 6.91. The van der Waals surface area contributed by atoms with Crippen LogP contribution >= 0.6 is 0 Å². The van der Waals surface area contributed by atoms with Crippen LogP contribution in [0.4, 0.5) is 0 Å². The molecule has 24 heavy (non-hydrogen) atoms. The number of carbonyl (C=O) groups is 1. The molecule has 0 unspecified atom stereocenters. The third kappa shape index (κ3) is 4.87. The van der Waals surface area contributed by atoms with Crippen molar-refractivity contribution >= 4 is 5.91 Å². The molecule has 1 amide bonds. The van der Waals surface area contributed by atoms with Crippen LogP contribution in [0.1, 0.15) is 37.0 Å². The number of nitrogens with zero attached hydrogens (tertiary/aromatic N) is 1. The van der Waals surface area contributed by atoms with Gasteiger partial charge in [0.05, 0.1) is 19.8 Å². The molecule has 1 fully saturated rings. The monoisotopic (exact) mass is 334 g/mol. The van der Waals surface area contributed by atoms with Crippen LogP contribution in [0.5, 0.6) is 11.5 Å². The summed E-state index contributed by atoms with van der Waals surface area (Å²) >= 11 is 0. The Morgan fingerprint density at radius 2 is 1.92 bits per heavy atom. The van der Waals surface area contributed by atoms with E-state index in [1.165, 1.54) is 19.5 Å². The second-order valence-electron chi connectivity index (χ2n) is 6.86. The Bertz CT molecular complexity index is 537. The van der Waals surface area contributed by atoms with Crippen molar-refractivity contribution in [1.29, 1.82) is 0 Å². The summed E-state index contributed by atoms with van der Waals surface area (Å²) in [7, 11) is 3.12. The van der Waals surface area contributed by atoms with Gasteiger partial charge in [0, 0.05) is 19.6 Å². The Morgan fingerprint density at radius 3 is 2.54 bits per heavy atom. The molecular weight excluding hydrogens is 304 g/mol. The van der Waals surface area contributed by atoms with E-state index in [4.69, 9.17) is 9.47 Å². The lowest BCUT2D eigenvalue weighted by Crippen LogP contribution is -2.40. The highest BCUT2D eigenvalue weighted by atomic mass is 16.5. The van der Waals surface area contributed by atoms with Crippen LogP contribution in [0, 0.1) is 11.8 Å². The minimum atomic E-state index is -0.119. The summed E-state index contributed by atoms with van der Waals surface area (Å²) in [5, 5.41) is 2.99. The molecular formula is C19H30N2O3. The Hall–Kier alpha value is -1.75. The first-order valence-corrected chi connectivity index (χ1v) is 8.76. The van der Waals surface area contributed by atoms with Gasteiger partial charge in [-0.05, 0) is 43.4 Å². The predicted molar refractivity (Wildman–Crippen MR) is 95.9 cm³/mol. The molecule has 1 saturated heterocycles. The smallest absolute Gasteiger partial charge is 0.255 e. The van der Waals surface area contributed by atoms with Gasteiger partial charge >= 0.3 is 0 Å². The highest BCUT2D eigenvalue weighted by Crippen LogP contribution is 2.30. The van der Waals surface area contributed by atoms with Gasteiger partial charge in [0.15, 0.2) is 11.5 Å². The lowest BCUT2D eigenvalue weighted by atomic mass is 9.92. The minimum Gasteiger partial charge on any atom is -0.493 e. The molecule has 1 aromatic rings. The van der Waals surface area contributed by atoms with Gasteiger partial charge in [-0.15, -0.1) is 0 Å². The van der Waals surface area contributed by atoms with Crippen LogP contribution in [0.3, 0.4) is 0 Å². The number of amides is 1. The lowest BCUT2D eigenvalue weighted by molar-refractivity contribution is 0.0943. The van der Waals surface area contributed by atoms with Crippen molar-refractivity contribution in [2.45, 2.75) is 26.7 Å². The highest BCUT2D eigenvalue weighted by Gasteiger charge is 2.21. The molecule has 5 heteroatoms. The maximum Gasteiger partial charge on any atom is 0.255 e. The molecule has 5 nitrogen and oxygen atoms in total. The molecule has 0 spiro atoms. The Balaban J connectivity index is 1.81. The third-order valence-electron chi connectivity index (χ3n) is 4.53. The first-order valence-electron chi connectivity index (χ1n) is 8.76. The Morgan fingerprint density at radius 1 is 1.21 bits per heavy atom. The standard InChI is InChI=1S/C19H30N2O3/c1-14-11-15(2)13-21(12-14)10-6-9-20-19(22)16-7-5-8-17(23-3)18(16)24-4/h5,7-8,14-15H,6,9-13H2,1-4H3,(H,20,22)/t14-,15-/m1/s1. The molecule has 2 rings (SSSR count). The number of methoxy groups -OCH3 is 2. The summed E-state index contributed by atoms with van der Waals surface area (Å²) < 4.78 is 10.6. The van der Waals surface area contributed by atoms with Crippen LogP contribution in [0.25, 0.3) is 0 Å². The number of para-hydroxylation sites is 1. The fourth-order valence-electron chi connectivity index (χ4n) is 3.64. The summed E-state index contributed by atoms with van der Waals surface area (Å²) in [5.74, 6) is 2.47. The molecule has 1 aliphatic rings. The van der Waals surface area contributed by atoms with E-state index in [1.54, 1.807) is 32.4 Å². The van der Waals surface area contributed by atoms with Crippen molar-refractivity contribution in [3.8, 4) is 11.5 Å². The van der Waals surface area contributed by atoms with Gasteiger partial charge in [0.25, 0.3) is 5.91 Å². The first kappa shape index (κ1) is 18.6. The van der Waals surface area contributed by atoms with E-state index in [0.717, 1.165) is 24.8 Å². The third-order valence-corrected chi connectivity index (χ3v) is 4.53. The fraction of sp³-hybridized carbons (Fsp3) is 0.632. The number of hydrogen-bond donors (Lipinski definition) is 1. The maximum absolute atomic E-state index is 12.4. The van der Waals surface area contributed by atoms with E-state index >= 15 is 0 Å². The number of ether oxygens (including phenoxy) is 2. The van der Waals surface area contributed by atoms with Crippen LogP contribution < -0.4 is 14.8 Å². The first-order chi connectivity index (χ1) is 11.5. The number of carbonyl (C=O) groups excluding carboxylic acids is 1. The van der Waals surface area contributed by atoms with Crippen molar-refractivity contribution < 1.29 is 14.3 Å². The van der Waals surface area contributed by atoms with E-state index in [9.17, 15) is 4.79 Å². The lowest BCUT2D eigenvalue weighted by Gasteiger charge is -2.34. The number of likely N-dealkylation sites (tertiary alicyclic amines) is 1. The molecule has 0 bridgehead atoms. The second kappa shape index (κ2) is 8.92. The van der Waals surface area contributed by atoms with Crippen molar-refractivity contribution in [3.63, 3.8) is 0 Å². The van der Waals surface area contributed by atoms with E-state index in [2.05, 4.69) is 24.1 Å². The number of benzene rings is 1. The molecule has 0 aliphatic carbocycles. The summed E-state index contributed by atoms with van der Waals surface area (Å²) in [5.41, 5.74) is 0.511. The molecule has 1 aliphatic heterocycles. The van der Waals surface area contributed by atoms with Gasteiger partial charge in [-0.2, -0.15) is 0 Å². The largest absolute Gasteiger partial charge is 0.493 e. The number of nitrogens with one attached hydrogen (secondary N) is 1. The highest BCUT2D eigenvalue weighted by molar-refractivity contribution is 5.97. The van der Waals surface area contributed by atoms with Gasteiger partial charge in [0.1, 0.15) is 0 Å². The SMILES string of the molecule is COc1cccc(C(=O)NCCCN2C[C@H](C)C[C@@H](C)C2)c1OC. The van der Waals surface area contributed by atoms with Crippen molar-refractivity contribution in [2.75, 3.05) is 40.4 Å². The second-order valence-corrected chi connectivity index (χ2v) is 6.86. The minimum absolute atomic E-state index is 0.119. The summed E-state index contributed by atoms with van der Waals surface area (Å²) in [6, 6.07) is 5.34. The van der Waals surface area contributed by atoms with Gasteiger partial charge in [0.2, 0.25) is 0 Å². The van der Waals surface area contributed by atoms with E-state index in [0.29, 0.717) is 23.6 Å². The van der Waals surface area contributed by atoms with E-state index < -0.39 is 0 Å². The zero-order valence-electron chi connectivity index (χ0n) is 15.3. The maximum atomic E-state index is 12.4. The number of rotatable bonds is 7. The summed E-state index contributed by atoms with van der Waals surface area (Å²) in [4.78, 5) is 14.9. The molecule has 1 aromatic carbocycles. The predicted octanol–water partition coefficient (Wildman–Crippen LogP) is 2.80. The Labute approximate surface area is 145 Å². The van der Waals surface area contributed by atoms with Gasteiger partial charge < -0.3 is 19.7 Å². The van der Waals surface area contributed by atoms with Gasteiger partial charge in [-0.25, -0.2) is 0 Å². The molecule has 2 atom stereocenters.